The third-order valence-electron chi connectivity index (χ3n) is 4.32. The fourth-order valence-corrected chi connectivity index (χ4v) is 2.49. The van der Waals surface area contributed by atoms with E-state index in [4.69, 9.17) is 5.73 Å². The molecule has 0 aliphatic heterocycles. The molecule has 0 saturated heterocycles. The van der Waals surface area contributed by atoms with Gasteiger partial charge in [0.1, 0.15) is 0 Å². The van der Waals surface area contributed by atoms with Gasteiger partial charge in [-0.25, -0.2) is 4.98 Å². The number of hydrogen-bond donors (Lipinski definition) is 2. The van der Waals surface area contributed by atoms with Crippen molar-refractivity contribution in [3.05, 3.63) is 29.6 Å². The van der Waals surface area contributed by atoms with E-state index in [2.05, 4.69) is 35.5 Å². The van der Waals surface area contributed by atoms with Crippen molar-refractivity contribution in [3.8, 4) is 0 Å². The molecule has 1 aromatic carbocycles. The van der Waals surface area contributed by atoms with Gasteiger partial charge in [0.05, 0.1) is 23.0 Å². The van der Waals surface area contributed by atoms with Gasteiger partial charge in [-0.3, -0.25) is 0 Å². The number of aromatic nitrogens is 2. The first kappa shape index (κ1) is 15.0. The van der Waals surface area contributed by atoms with Crippen LogP contribution in [0.3, 0.4) is 0 Å². The van der Waals surface area contributed by atoms with E-state index in [9.17, 15) is 5.11 Å². The maximum atomic E-state index is 10.2. The smallest absolute Gasteiger partial charge is 0.0958 e. The summed E-state index contributed by atoms with van der Waals surface area (Å²) in [5, 5.41) is 10.2. The Kier molecular flexibility index (Phi) is 4.45. The van der Waals surface area contributed by atoms with Crippen LogP contribution >= 0.6 is 0 Å². The molecule has 0 aliphatic rings. The molecule has 1 unspecified atom stereocenters. The average Bonchev–Trinajstić information content (AvgIpc) is 2.82. The Balaban J connectivity index is 2.09. The summed E-state index contributed by atoms with van der Waals surface area (Å²) in [7, 11) is 0. The van der Waals surface area contributed by atoms with Crippen molar-refractivity contribution in [2.24, 2.45) is 5.73 Å². The molecule has 0 radical (unpaired) electrons. The van der Waals surface area contributed by atoms with Gasteiger partial charge < -0.3 is 15.4 Å². The van der Waals surface area contributed by atoms with Gasteiger partial charge in [-0.1, -0.05) is 6.92 Å². The number of nitrogens with zero attached hydrogens (tertiary/aromatic N) is 2. The van der Waals surface area contributed by atoms with E-state index in [1.807, 2.05) is 13.3 Å². The number of benzene rings is 1. The van der Waals surface area contributed by atoms with Crippen LogP contribution in [0.15, 0.2) is 18.5 Å². The molecule has 0 amide bonds. The summed E-state index contributed by atoms with van der Waals surface area (Å²) >= 11 is 0. The molecule has 3 N–H and O–H groups in total. The Bertz CT molecular complexity index is 585. The first-order valence-electron chi connectivity index (χ1n) is 7.33. The Hall–Kier alpha value is -1.39. The topological polar surface area (TPSA) is 64.1 Å². The number of aryl methyl sites for hydroxylation is 3. The van der Waals surface area contributed by atoms with E-state index in [0.717, 1.165) is 24.9 Å². The normalized spacial score (nSPS) is 14.7. The van der Waals surface area contributed by atoms with Crippen molar-refractivity contribution < 1.29 is 5.11 Å². The third kappa shape index (κ3) is 3.02. The van der Waals surface area contributed by atoms with Gasteiger partial charge >= 0.3 is 0 Å². The summed E-state index contributed by atoms with van der Waals surface area (Å²) < 4.78 is 2.16. The quantitative estimate of drug-likeness (QED) is 0.851. The summed E-state index contributed by atoms with van der Waals surface area (Å²) in [6.07, 6.45) is 4.22. The van der Waals surface area contributed by atoms with Crippen molar-refractivity contribution in [1.29, 1.82) is 0 Å². The second-order valence-electron chi connectivity index (χ2n) is 5.75. The summed E-state index contributed by atoms with van der Waals surface area (Å²) in [6.45, 7) is 7.40. The highest BCUT2D eigenvalue weighted by molar-refractivity contribution is 5.77. The first-order chi connectivity index (χ1) is 9.49. The zero-order chi connectivity index (χ0) is 14.8. The predicted octanol–water partition coefficient (Wildman–Crippen LogP) is 2.53. The van der Waals surface area contributed by atoms with E-state index in [0.29, 0.717) is 13.0 Å². The highest BCUT2D eigenvalue weighted by Gasteiger charge is 2.21. The lowest BCUT2D eigenvalue weighted by molar-refractivity contribution is 0.0334. The van der Waals surface area contributed by atoms with E-state index in [1.54, 1.807) is 0 Å². The Morgan fingerprint density at radius 1 is 1.30 bits per heavy atom. The lowest BCUT2D eigenvalue weighted by Crippen LogP contribution is -2.37. The van der Waals surface area contributed by atoms with E-state index in [1.165, 1.54) is 16.6 Å². The molecule has 1 atom stereocenters. The fourth-order valence-electron chi connectivity index (χ4n) is 2.49. The Morgan fingerprint density at radius 2 is 2.00 bits per heavy atom. The van der Waals surface area contributed by atoms with Gasteiger partial charge in [0.15, 0.2) is 0 Å². The highest BCUT2D eigenvalue weighted by Crippen LogP contribution is 2.20. The Morgan fingerprint density at radius 3 is 2.65 bits per heavy atom. The third-order valence-corrected chi connectivity index (χ3v) is 4.32. The molecule has 0 aliphatic carbocycles. The molecule has 110 valence electrons. The molecule has 2 rings (SSSR count). The van der Waals surface area contributed by atoms with Crippen molar-refractivity contribution in [2.75, 3.05) is 6.54 Å². The molecular formula is C16H25N3O. The minimum Gasteiger partial charge on any atom is -0.389 e. The number of nitrogens with two attached hydrogens (primary N) is 1. The second kappa shape index (κ2) is 5.94. The van der Waals surface area contributed by atoms with Crippen molar-refractivity contribution >= 4 is 11.0 Å². The molecule has 0 spiro atoms. The lowest BCUT2D eigenvalue weighted by Gasteiger charge is -2.24. The molecule has 0 saturated carbocycles. The molecule has 20 heavy (non-hydrogen) atoms. The van der Waals surface area contributed by atoms with E-state index < -0.39 is 5.60 Å². The monoisotopic (exact) mass is 275 g/mol. The van der Waals surface area contributed by atoms with Crippen LogP contribution in [0.2, 0.25) is 0 Å². The SMILES string of the molecule is CCC(O)(CN)CCCn1cnc2cc(C)c(C)cc21. The van der Waals surface area contributed by atoms with Crippen molar-refractivity contribution in [3.63, 3.8) is 0 Å². The van der Waals surface area contributed by atoms with Gasteiger partial charge in [-0.05, 0) is 56.4 Å². The second-order valence-corrected chi connectivity index (χ2v) is 5.75. The van der Waals surface area contributed by atoms with Crippen molar-refractivity contribution in [2.45, 2.75) is 52.2 Å². The highest BCUT2D eigenvalue weighted by atomic mass is 16.3. The van der Waals surface area contributed by atoms with Crippen LogP contribution in [0.4, 0.5) is 0 Å². The van der Waals surface area contributed by atoms with Crippen LogP contribution in [-0.4, -0.2) is 26.8 Å². The molecule has 2 aromatic rings. The largest absolute Gasteiger partial charge is 0.389 e. The van der Waals surface area contributed by atoms with Gasteiger partial charge in [0.25, 0.3) is 0 Å². The fraction of sp³-hybridized carbons (Fsp3) is 0.562. The molecule has 4 nitrogen and oxygen atoms in total. The predicted molar refractivity (Wildman–Crippen MR) is 82.7 cm³/mol. The number of hydrogen-bond acceptors (Lipinski definition) is 3. The summed E-state index contributed by atoms with van der Waals surface area (Å²) in [4.78, 5) is 4.45. The molecule has 1 heterocycles. The molecular weight excluding hydrogens is 250 g/mol. The minimum atomic E-state index is -0.719. The van der Waals surface area contributed by atoms with Gasteiger partial charge in [0.2, 0.25) is 0 Å². The maximum absolute atomic E-state index is 10.2. The Labute approximate surface area is 120 Å². The molecule has 4 heteroatoms. The molecule has 0 bridgehead atoms. The van der Waals surface area contributed by atoms with Gasteiger partial charge in [-0.2, -0.15) is 0 Å². The van der Waals surface area contributed by atoms with Crippen LogP contribution in [0.25, 0.3) is 11.0 Å². The van der Waals surface area contributed by atoms with Crippen LogP contribution < -0.4 is 5.73 Å². The van der Waals surface area contributed by atoms with Crippen LogP contribution in [0.1, 0.15) is 37.3 Å². The number of rotatable bonds is 6. The number of fused-ring (bicyclic) bond motifs is 1. The average molecular weight is 275 g/mol. The molecule has 0 fully saturated rings. The van der Waals surface area contributed by atoms with Crippen molar-refractivity contribution in [1.82, 2.24) is 9.55 Å². The lowest BCUT2D eigenvalue weighted by atomic mass is 9.95. The zero-order valence-electron chi connectivity index (χ0n) is 12.7. The number of aliphatic hydroxyl groups is 1. The van der Waals surface area contributed by atoms with Crippen LogP contribution in [0.5, 0.6) is 0 Å². The van der Waals surface area contributed by atoms with Gasteiger partial charge in [0, 0.05) is 13.1 Å². The van der Waals surface area contributed by atoms with Crippen LogP contribution in [-0.2, 0) is 6.54 Å². The van der Waals surface area contributed by atoms with Crippen LogP contribution in [0, 0.1) is 13.8 Å². The zero-order valence-corrected chi connectivity index (χ0v) is 12.7. The van der Waals surface area contributed by atoms with E-state index in [-0.39, 0.29) is 0 Å². The summed E-state index contributed by atoms with van der Waals surface area (Å²) in [5.74, 6) is 0. The number of imidazole rings is 1. The molecule has 1 aromatic heterocycles. The first-order valence-corrected chi connectivity index (χ1v) is 7.33. The summed E-state index contributed by atoms with van der Waals surface area (Å²) in [6, 6.07) is 4.32. The van der Waals surface area contributed by atoms with Gasteiger partial charge in [-0.15, -0.1) is 0 Å². The minimum absolute atomic E-state index is 0.326. The van der Waals surface area contributed by atoms with E-state index >= 15 is 0 Å². The standard InChI is InChI=1S/C16H25N3O/c1-4-16(20,10-17)6-5-7-19-11-18-14-8-12(2)13(3)9-15(14)19/h8-9,11,20H,4-7,10,17H2,1-3H3. The summed E-state index contributed by atoms with van der Waals surface area (Å²) in [5.41, 5.74) is 9.68. The maximum Gasteiger partial charge on any atom is 0.0958 e.